The van der Waals surface area contributed by atoms with Gasteiger partial charge in [0.15, 0.2) is 34.7 Å². The molecule has 2 aromatic rings. The molecule has 3 aliphatic rings. The average Bonchev–Trinajstić information content (AvgIpc) is 3.25. The highest BCUT2D eigenvalue weighted by atomic mass is 32.1. The number of benzene rings is 1. The lowest BCUT2D eigenvalue weighted by atomic mass is 9.53. The standard InChI is InChI=1S/C23H19NO7S/c24-22(30)18-15(26)7-11-5-10-6-13-12(9-3-4-32-8-9)1-2-14(25)17(13)19(27)16(10)20(28)23(11,31)21(18)29/h1-4,8,10-11,16,18,25,31H,5-7H2,(H2,24,30)/t10-,11+,16?,18?,23+/m1/s1. The second-order valence-corrected chi connectivity index (χ2v) is 9.52. The average molecular weight is 453 g/mol. The normalized spacial score (nSPS) is 31.7. The van der Waals surface area contributed by atoms with Gasteiger partial charge in [-0.3, -0.25) is 24.0 Å². The summed E-state index contributed by atoms with van der Waals surface area (Å²) in [6.07, 6.45) is 0.00827. The van der Waals surface area contributed by atoms with Crippen LogP contribution >= 0.6 is 11.3 Å². The molecule has 2 unspecified atom stereocenters. The fraction of sp³-hybridized carbons (Fsp3) is 0.348. The van der Waals surface area contributed by atoms with Gasteiger partial charge in [0.05, 0.1) is 11.5 Å². The number of amides is 1. The first-order chi connectivity index (χ1) is 15.2. The van der Waals surface area contributed by atoms with Crippen LogP contribution in [0, 0.1) is 23.7 Å². The number of ketones is 4. The lowest BCUT2D eigenvalue weighted by Crippen LogP contribution is -2.68. The van der Waals surface area contributed by atoms with Gasteiger partial charge in [-0.05, 0) is 58.3 Å². The SMILES string of the molecule is NC(=O)C1C(=O)C[C@@H]2C[C@@H]3Cc4c(-c5ccsc5)ccc(O)c4C(=O)C3C(=O)[C@]2(O)C1=O. The van der Waals surface area contributed by atoms with E-state index in [2.05, 4.69) is 0 Å². The molecular formula is C23H19NO7S. The Balaban J connectivity index is 1.62. The number of rotatable bonds is 2. The number of hydrogen-bond donors (Lipinski definition) is 3. The molecule has 1 aromatic heterocycles. The number of carbonyl (C=O) groups excluding carboxylic acids is 5. The van der Waals surface area contributed by atoms with E-state index in [1.807, 2.05) is 16.8 Å². The Kier molecular flexibility index (Phi) is 4.48. The Morgan fingerprint density at radius 2 is 1.84 bits per heavy atom. The molecule has 8 nitrogen and oxygen atoms in total. The summed E-state index contributed by atoms with van der Waals surface area (Å²) in [6.45, 7) is 0. The molecule has 0 aliphatic heterocycles. The maximum absolute atomic E-state index is 13.4. The number of primary amides is 1. The molecule has 1 amide bonds. The minimum Gasteiger partial charge on any atom is -0.507 e. The van der Waals surface area contributed by atoms with E-state index < -0.39 is 58.3 Å². The summed E-state index contributed by atoms with van der Waals surface area (Å²) in [5.41, 5.74) is 4.82. The molecule has 4 N–H and O–H groups in total. The van der Waals surface area contributed by atoms with Gasteiger partial charge in [0.25, 0.3) is 0 Å². The van der Waals surface area contributed by atoms with E-state index in [1.54, 1.807) is 6.07 Å². The van der Waals surface area contributed by atoms with Gasteiger partial charge in [-0.15, -0.1) is 0 Å². The largest absolute Gasteiger partial charge is 0.507 e. The first-order valence-electron chi connectivity index (χ1n) is 10.2. The Hall–Kier alpha value is -3.17. The molecule has 3 aliphatic carbocycles. The van der Waals surface area contributed by atoms with E-state index in [0.29, 0.717) is 5.56 Å². The molecule has 0 spiro atoms. The third-order valence-corrected chi connectivity index (χ3v) is 7.80. The second kappa shape index (κ2) is 6.91. The summed E-state index contributed by atoms with van der Waals surface area (Å²) in [7, 11) is 0. The highest BCUT2D eigenvalue weighted by molar-refractivity contribution is 7.08. The molecule has 0 saturated heterocycles. The number of Topliss-reactive ketones (excluding diaryl/α,β-unsaturated/α-hetero) is 4. The van der Waals surface area contributed by atoms with Crippen LogP contribution < -0.4 is 5.73 Å². The molecule has 32 heavy (non-hydrogen) atoms. The van der Waals surface area contributed by atoms with Crippen LogP contribution in [0.5, 0.6) is 5.75 Å². The number of fused-ring (bicyclic) bond motifs is 3. The number of aliphatic hydroxyl groups is 1. The van der Waals surface area contributed by atoms with Crippen molar-refractivity contribution < 1.29 is 34.2 Å². The van der Waals surface area contributed by atoms with Crippen LogP contribution in [0.1, 0.15) is 28.8 Å². The smallest absolute Gasteiger partial charge is 0.235 e. The van der Waals surface area contributed by atoms with Gasteiger partial charge >= 0.3 is 0 Å². The number of thiophene rings is 1. The van der Waals surface area contributed by atoms with Crippen molar-refractivity contribution in [2.75, 3.05) is 0 Å². The highest BCUT2D eigenvalue weighted by Gasteiger charge is 2.66. The van der Waals surface area contributed by atoms with Crippen LogP contribution in [0.3, 0.4) is 0 Å². The van der Waals surface area contributed by atoms with Gasteiger partial charge in [0, 0.05) is 12.3 Å². The van der Waals surface area contributed by atoms with Crippen LogP contribution in [-0.4, -0.2) is 44.9 Å². The first kappa shape index (κ1) is 20.7. The van der Waals surface area contributed by atoms with Gasteiger partial charge in [-0.25, -0.2) is 0 Å². The summed E-state index contributed by atoms with van der Waals surface area (Å²) in [4.78, 5) is 63.8. The Morgan fingerprint density at radius 1 is 1.09 bits per heavy atom. The van der Waals surface area contributed by atoms with Gasteiger partial charge in [-0.1, -0.05) is 6.07 Å². The van der Waals surface area contributed by atoms with Gasteiger partial charge < -0.3 is 15.9 Å². The number of hydrogen-bond acceptors (Lipinski definition) is 8. The topological polar surface area (TPSA) is 152 Å². The molecule has 2 saturated carbocycles. The van der Waals surface area contributed by atoms with E-state index in [9.17, 15) is 34.2 Å². The summed E-state index contributed by atoms with van der Waals surface area (Å²) in [6, 6.07) is 5.00. The number of phenolic OH excluding ortho intramolecular Hbond substituents is 1. The Bertz CT molecular complexity index is 1220. The van der Waals surface area contributed by atoms with Gasteiger partial charge in [-0.2, -0.15) is 11.3 Å². The van der Waals surface area contributed by atoms with Crippen molar-refractivity contribution in [2.45, 2.75) is 24.9 Å². The molecule has 2 fully saturated rings. The predicted octanol–water partition coefficient (Wildman–Crippen LogP) is 1.06. The lowest BCUT2D eigenvalue weighted by Gasteiger charge is -2.48. The summed E-state index contributed by atoms with van der Waals surface area (Å²) >= 11 is 1.48. The quantitative estimate of drug-likeness (QED) is 0.575. The van der Waals surface area contributed by atoms with Crippen molar-refractivity contribution in [1.29, 1.82) is 0 Å². The number of carbonyl (C=O) groups is 5. The van der Waals surface area contributed by atoms with Crippen LogP contribution in [0.15, 0.2) is 29.0 Å². The molecule has 1 heterocycles. The minimum atomic E-state index is -2.62. The van der Waals surface area contributed by atoms with Crippen molar-refractivity contribution in [2.24, 2.45) is 29.4 Å². The van der Waals surface area contributed by atoms with E-state index in [1.165, 1.54) is 17.4 Å². The minimum absolute atomic E-state index is 0.0103. The Labute approximate surface area is 186 Å². The Morgan fingerprint density at radius 3 is 2.50 bits per heavy atom. The molecule has 5 atom stereocenters. The fourth-order valence-corrected chi connectivity index (χ4v) is 6.31. The number of nitrogens with two attached hydrogens (primary N) is 1. The van der Waals surface area contributed by atoms with E-state index in [0.717, 1.165) is 11.1 Å². The molecule has 0 bridgehead atoms. The molecule has 5 rings (SSSR count). The van der Waals surface area contributed by atoms with Crippen molar-refractivity contribution in [1.82, 2.24) is 0 Å². The van der Waals surface area contributed by atoms with Crippen molar-refractivity contribution in [3.05, 3.63) is 40.1 Å². The number of phenols is 1. The highest BCUT2D eigenvalue weighted by Crippen LogP contribution is 2.51. The molecule has 1 aromatic carbocycles. The molecular weight excluding hydrogens is 434 g/mol. The van der Waals surface area contributed by atoms with Crippen molar-refractivity contribution in [3.8, 4) is 16.9 Å². The predicted molar refractivity (Wildman–Crippen MR) is 112 cm³/mol. The van der Waals surface area contributed by atoms with Crippen molar-refractivity contribution >= 4 is 40.4 Å². The van der Waals surface area contributed by atoms with Crippen LogP contribution in [0.4, 0.5) is 0 Å². The second-order valence-electron chi connectivity index (χ2n) is 8.74. The lowest BCUT2D eigenvalue weighted by molar-refractivity contribution is -0.175. The summed E-state index contributed by atoms with van der Waals surface area (Å²) in [5.74, 6) is -9.96. The summed E-state index contributed by atoms with van der Waals surface area (Å²) < 4.78 is 0. The third-order valence-electron chi connectivity index (χ3n) is 7.12. The van der Waals surface area contributed by atoms with E-state index in [-0.39, 0.29) is 30.6 Å². The maximum atomic E-state index is 13.4. The van der Waals surface area contributed by atoms with E-state index in [4.69, 9.17) is 5.73 Å². The van der Waals surface area contributed by atoms with Gasteiger partial charge in [0.2, 0.25) is 5.91 Å². The monoisotopic (exact) mass is 453 g/mol. The fourth-order valence-electron chi connectivity index (χ4n) is 5.66. The molecule has 164 valence electrons. The van der Waals surface area contributed by atoms with Gasteiger partial charge in [0.1, 0.15) is 5.75 Å². The first-order valence-corrected chi connectivity index (χ1v) is 11.1. The van der Waals surface area contributed by atoms with Crippen LogP contribution in [0.2, 0.25) is 0 Å². The third kappa shape index (κ3) is 2.61. The zero-order valence-electron chi connectivity index (χ0n) is 16.7. The molecule has 9 heteroatoms. The van der Waals surface area contributed by atoms with E-state index >= 15 is 0 Å². The maximum Gasteiger partial charge on any atom is 0.235 e. The number of aromatic hydroxyl groups is 1. The zero-order valence-corrected chi connectivity index (χ0v) is 17.6. The van der Waals surface area contributed by atoms with Crippen LogP contribution in [-0.2, 0) is 25.6 Å². The molecule has 0 radical (unpaired) electrons. The summed E-state index contributed by atoms with van der Waals surface area (Å²) in [5, 5.41) is 25.4. The van der Waals surface area contributed by atoms with Crippen molar-refractivity contribution in [3.63, 3.8) is 0 Å². The zero-order chi connectivity index (χ0) is 22.9. The van der Waals surface area contributed by atoms with Crippen LogP contribution in [0.25, 0.3) is 11.1 Å².